The number of alkyl halides is 1. The van der Waals surface area contributed by atoms with Crippen LogP contribution < -0.4 is 0 Å². The second-order valence-electron chi connectivity index (χ2n) is 9.48. The first-order valence-corrected chi connectivity index (χ1v) is 14.3. The van der Waals surface area contributed by atoms with Crippen molar-refractivity contribution < 1.29 is 19.4 Å². The van der Waals surface area contributed by atoms with E-state index in [0.29, 0.717) is 12.5 Å². The van der Waals surface area contributed by atoms with Gasteiger partial charge < -0.3 is 14.6 Å². The summed E-state index contributed by atoms with van der Waals surface area (Å²) in [5.74, 6) is -0.00407. The van der Waals surface area contributed by atoms with Gasteiger partial charge in [0.1, 0.15) is 0 Å². The molecule has 0 aliphatic carbocycles. The predicted octanol–water partition coefficient (Wildman–Crippen LogP) is 7.77. The van der Waals surface area contributed by atoms with Crippen LogP contribution in [0.5, 0.6) is 0 Å². The van der Waals surface area contributed by atoms with E-state index >= 15 is 0 Å². The van der Waals surface area contributed by atoms with E-state index in [9.17, 15) is 4.79 Å². The van der Waals surface area contributed by atoms with Crippen LogP contribution in [0.15, 0.2) is 0 Å². The highest BCUT2D eigenvalue weighted by Crippen LogP contribution is 2.30. The summed E-state index contributed by atoms with van der Waals surface area (Å²) in [7, 11) is 0. The fourth-order valence-electron chi connectivity index (χ4n) is 4.50. The van der Waals surface area contributed by atoms with E-state index in [1.54, 1.807) is 0 Å². The van der Waals surface area contributed by atoms with Gasteiger partial charge in [0, 0.05) is 24.3 Å². The molecule has 1 fully saturated rings. The normalized spacial score (nSPS) is 19.3. The molecule has 1 aliphatic heterocycles. The summed E-state index contributed by atoms with van der Waals surface area (Å²) in [6.07, 6.45) is 21.5. The highest BCUT2D eigenvalue weighted by atomic mass is 79.9. The Labute approximate surface area is 200 Å². The van der Waals surface area contributed by atoms with Crippen molar-refractivity contribution >= 4 is 21.9 Å². The smallest absolute Gasteiger partial charge is 0.303 e. The number of hydrogen-bond acceptors (Lipinski definition) is 3. The molecule has 0 radical (unpaired) electrons. The zero-order valence-corrected chi connectivity index (χ0v) is 21.7. The summed E-state index contributed by atoms with van der Waals surface area (Å²) in [6.45, 7) is 4.52. The van der Waals surface area contributed by atoms with Crippen LogP contribution in [0.1, 0.15) is 116 Å². The molecule has 3 atom stereocenters. The maximum Gasteiger partial charge on any atom is 0.303 e. The Bertz CT molecular complexity index is 418. The highest BCUT2D eigenvalue weighted by molar-refractivity contribution is 9.09. The molecule has 0 spiro atoms. The summed E-state index contributed by atoms with van der Waals surface area (Å²) in [4.78, 5) is 11.0. The van der Waals surface area contributed by atoms with Crippen molar-refractivity contribution in [2.24, 2.45) is 11.8 Å². The predicted molar refractivity (Wildman–Crippen MR) is 133 cm³/mol. The van der Waals surface area contributed by atoms with Crippen LogP contribution in [-0.4, -0.2) is 42.3 Å². The maximum atomic E-state index is 11.0. The Morgan fingerprint density at radius 1 is 0.968 bits per heavy atom. The molecule has 0 aromatic heterocycles. The first-order chi connectivity index (χ1) is 15.2. The molecule has 0 amide bonds. The number of halogens is 1. The molecular weight excluding hydrogens is 456 g/mol. The fraction of sp³-hybridized carbons (Fsp3) is 0.962. The monoisotopic (exact) mass is 504 g/mol. The molecule has 3 unspecified atom stereocenters. The van der Waals surface area contributed by atoms with Crippen LogP contribution in [0.2, 0.25) is 0 Å². The number of rotatable bonds is 23. The molecule has 1 heterocycles. The van der Waals surface area contributed by atoms with Gasteiger partial charge in [-0.15, -0.1) is 0 Å². The van der Waals surface area contributed by atoms with Crippen LogP contribution >= 0.6 is 15.9 Å². The molecule has 31 heavy (non-hydrogen) atoms. The molecule has 5 heteroatoms. The lowest BCUT2D eigenvalue weighted by Gasteiger charge is -2.38. The Morgan fingerprint density at radius 3 is 1.97 bits per heavy atom. The van der Waals surface area contributed by atoms with E-state index < -0.39 is 5.97 Å². The van der Waals surface area contributed by atoms with Gasteiger partial charge in [0.25, 0.3) is 0 Å². The Kier molecular flexibility index (Phi) is 19.1. The lowest BCUT2D eigenvalue weighted by atomic mass is 9.85. The Morgan fingerprint density at radius 2 is 1.52 bits per heavy atom. The average Bonchev–Trinajstić information content (AvgIpc) is 2.73. The van der Waals surface area contributed by atoms with Crippen molar-refractivity contribution in [3.63, 3.8) is 0 Å². The molecular formula is C26H49BrO4. The van der Waals surface area contributed by atoms with Gasteiger partial charge in [-0.3, -0.25) is 4.79 Å². The molecule has 184 valence electrons. The van der Waals surface area contributed by atoms with E-state index in [4.69, 9.17) is 14.6 Å². The van der Waals surface area contributed by atoms with Gasteiger partial charge in [-0.25, -0.2) is 0 Å². The number of hydrogen-bond donors (Lipinski definition) is 1. The summed E-state index contributed by atoms with van der Waals surface area (Å²) >= 11 is 3.44. The van der Waals surface area contributed by atoms with Gasteiger partial charge in [-0.1, -0.05) is 106 Å². The van der Waals surface area contributed by atoms with Gasteiger partial charge in [0.15, 0.2) is 0 Å². The molecule has 1 aliphatic rings. The van der Waals surface area contributed by atoms with Crippen LogP contribution in [-0.2, 0) is 14.3 Å². The minimum Gasteiger partial charge on any atom is -0.481 e. The number of carboxylic acids is 1. The fourth-order valence-corrected chi connectivity index (χ4v) is 5.15. The molecule has 1 N–H and O–H groups in total. The maximum absolute atomic E-state index is 11.0. The van der Waals surface area contributed by atoms with E-state index in [1.807, 2.05) is 0 Å². The quantitative estimate of drug-likeness (QED) is 0.114. The number of ether oxygens (including phenoxy) is 2. The number of unbranched alkanes of at least 4 members (excludes halogenated alkanes) is 13. The average molecular weight is 506 g/mol. The molecule has 1 rings (SSSR count). The van der Waals surface area contributed by atoms with E-state index in [1.165, 1.54) is 83.5 Å². The Balaban J connectivity index is 1.86. The first kappa shape index (κ1) is 28.9. The SMILES string of the molecule is CCCCCCCCCCCCCCCCOCC1OCC1CC(CCBr)CC(=O)O. The van der Waals surface area contributed by atoms with E-state index in [2.05, 4.69) is 22.9 Å². The van der Waals surface area contributed by atoms with E-state index in [-0.39, 0.29) is 18.4 Å². The van der Waals surface area contributed by atoms with Gasteiger partial charge in [0.05, 0.1) is 19.3 Å². The van der Waals surface area contributed by atoms with Crippen molar-refractivity contribution in [3.8, 4) is 0 Å². The minimum atomic E-state index is -0.697. The van der Waals surface area contributed by atoms with Gasteiger partial charge in [0.2, 0.25) is 0 Å². The largest absolute Gasteiger partial charge is 0.481 e. The third kappa shape index (κ3) is 16.2. The van der Waals surface area contributed by atoms with Gasteiger partial charge >= 0.3 is 5.97 Å². The molecule has 0 saturated carbocycles. The third-order valence-corrected chi connectivity index (χ3v) is 7.05. The van der Waals surface area contributed by atoms with E-state index in [0.717, 1.165) is 37.8 Å². The zero-order chi connectivity index (χ0) is 22.6. The van der Waals surface area contributed by atoms with Crippen molar-refractivity contribution in [2.75, 3.05) is 25.2 Å². The van der Waals surface area contributed by atoms with Crippen LogP contribution in [0.25, 0.3) is 0 Å². The van der Waals surface area contributed by atoms with Crippen LogP contribution in [0.4, 0.5) is 0 Å². The summed E-state index contributed by atoms with van der Waals surface area (Å²) in [6, 6.07) is 0. The van der Waals surface area contributed by atoms with Crippen molar-refractivity contribution in [3.05, 3.63) is 0 Å². The Hall–Kier alpha value is -0.130. The lowest BCUT2D eigenvalue weighted by Crippen LogP contribution is -2.44. The first-order valence-electron chi connectivity index (χ1n) is 13.1. The molecule has 0 aromatic carbocycles. The second kappa shape index (κ2) is 20.5. The van der Waals surface area contributed by atoms with Crippen molar-refractivity contribution in [1.82, 2.24) is 0 Å². The summed E-state index contributed by atoms with van der Waals surface area (Å²) < 4.78 is 11.5. The molecule has 0 aromatic rings. The molecule has 1 saturated heterocycles. The lowest BCUT2D eigenvalue weighted by molar-refractivity contribution is -0.155. The highest BCUT2D eigenvalue weighted by Gasteiger charge is 2.34. The third-order valence-electron chi connectivity index (χ3n) is 6.59. The number of aliphatic carboxylic acids is 1. The molecule has 4 nitrogen and oxygen atoms in total. The van der Waals surface area contributed by atoms with Crippen LogP contribution in [0.3, 0.4) is 0 Å². The van der Waals surface area contributed by atoms with Crippen molar-refractivity contribution in [2.45, 2.75) is 122 Å². The minimum absolute atomic E-state index is 0.165. The van der Waals surface area contributed by atoms with Gasteiger partial charge in [-0.2, -0.15) is 0 Å². The van der Waals surface area contributed by atoms with Crippen molar-refractivity contribution in [1.29, 1.82) is 0 Å². The number of carboxylic acid groups (broad SMARTS) is 1. The zero-order valence-electron chi connectivity index (χ0n) is 20.1. The molecule has 0 bridgehead atoms. The van der Waals surface area contributed by atoms with Crippen LogP contribution in [0, 0.1) is 11.8 Å². The topological polar surface area (TPSA) is 55.8 Å². The summed E-state index contributed by atoms with van der Waals surface area (Å²) in [5.41, 5.74) is 0. The standard InChI is InChI=1S/C26H49BrO4/c1-2-3-4-5-6-7-8-9-10-11-12-13-14-15-18-30-22-25-24(21-31-25)19-23(16-17-27)20-26(28)29/h23-25H,2-22H2,1H3,(H,28,29). The summed E-state index contributed by atoms with van der Waals surface area (Å²) in [5, 5.41) is 9.93. The van der Waals surface area contributed by atoms with Gasteiger partial charge in [-0.05, 0) is 25.2 Å². The second-order valence-corrected chi connectivity index (χ2v) is 10.3. The number of carbonyl (C=O) groups is 1.